The highest BCUT2D eigenvalue weighted by Gasteiger charge is 2.11. The number of rotatable bonds is 5. The summed E-state index contributed by atoms with van der Waals surface area (Å²) in [5, 5.41) is 15.8. The number of carbonyl (C=O) groups is 1. The van der Waals surface area contributed by atoms with Crippen molar-refractivity contribution in [3.05, 3.63) is 74.1 Å². The molecule has 0 radical (unpaired) electrons. The molecule has 0 fully saturated rings. The molecule has 1 amide bonds. The monoisotopic (exact) mass is 417 g/mol. The number of nitro groups is 1. The third-order valence-electron chi connectivity index (χ3n) is 3.38. The normalized spacial score (nSPS) is 10.4. The van der Waals surface area contributed by atoms with Gasteiger partial charge in [-0.1, -0.05) is 40.2 Å². The van der Waals surface area contributed by atoms with Crippen LogP contribution in [0.1, 0.15) is 5.56 Å². The number of nitrogens with one attached hydrogen (secondary N) is 1. The number of thiazole rings is 1. The van der Waals surface area contributed by atoms with Gasteiger partial charge in [0, 0.05) is 27.5 Å². The van der Waals surface area contributed by atoms with E-state index < -0.39 is 4.92 Å². The Kier molecular flexibility index (Phi) is 5.20. The Labute approximate surface area is 155 Å². The number of carbonyl (C=O) groups excluding carboxylic acids is 1. The predicted molar refractivity (Wildman–Crippen MR) is 101 cm³/mol. The summed E-state index contributed by atoms with van der Waals surface area (Å²) in [4.78, 5) is 26.9. The summed E-state index contributed by atoms with van der Waals surface area (Å²) in [6.45, 7) is 0. The Morgan fingerprint density at radius 3 is 2.72 bits per heavy atom. The van der Waals surface area contributed by atoms with E-state index in [1.54, 1.807) is 17.5 Å². The fourth-order valence-electron chi connectivity index (χ4n) is 2.19. The van der Waals surface area contributed by atoms with Crippen LogP contribution in [-0.2, 0) is 11.2 Å². The van der Waals surface area contributed by atoms with Crippen molar-refractivity contribution in [1.29, 1.82) is 0 Å². The molecule has 0 aliphatic rings. The first-order valence-corrected chi connectivity index (χ1v) is 8.93. The lowest BCUT2D eigenvalue weighted by Crippen LogP contribution is -2.14. The molecule has 126 valence electrons. The molecule has 0 spiro atoms. The van der Waals surface area contributed by atoms with E-state index >= 15 is 0 Å². The van der Waals surface area contributed by atoms with Gasteiger partial charge in [-0.15, -0.1) is 11.3 Å². The van der Waals surface area contributed by atoms with Gasteiger partial charge in [-0.3, -0.25) is 14.9 Å². The van der Waals surface area contributed by atoms with E-state index in [4.69, 9.17) is 0 Å². The van der Waals surface area contributed by atoms with Crippen molar-refractivity contribution in [1.82, 2.24) is 4.98 Å². The molecule has 8 heteroatoms. The third kappa shape index (κ3) is 4.49. The van der Waals surface area contributed by atoms with E-state index in [2.05, 4.69) is 26.2 Å². The van der Waals surface area contributed by atoms with Gasteiger partial charge in [0.1, 0.15) is 0 Å². The molecule has 1 heterocycles. The van der Waals surface area contributed by atoms with E-state index in [-0.39, 0.29) is 18.0 Å². The minimum absolute atomic E-state index is 0.00586. The number of hydrogen-bond donors (Lipinski definition) is 1. The van der Waals surface area contributed by atoms with Crippen molar-refractivity contribution in [3.63, 3.8) is 0 Å². The first-order valence-electron chi connectivity index (χ1n) is 7.26. The molecule has 25 heavy (non-hydrogen) atoms. The van der Waals surface area contributed by atoms with Crippen molar-refractivity contribution in [2.24, 2.45) is 0 Å². The van der Waals surface area contributed by atoms with Crippen LogP contribution in [0.25, 0.3) is 11.3 Å². The van der Waals surface area contributed by atoms with Crippen LogP contribution in [0.4, 0.5) is 10.8 Å². The predicted octanol–water partition coefficient (Wildman–Crippen LogP) is 4.66. The quantitative estimate of drug-likeness (QED) is 0.482. The summed E-state index contributed by atoms with van der Waals surface area (Å²) in [6, 6.07) is 13.8. The summed E-state index contributed by atoms with van der Waals surface area (Å²) >= 11 is 4.63. The average Bonchev–Trinajstić information content (AvgIpc) is 3.05. The molecular weight excluding hydrogens is 406 g/mol. The average molecular weight is 418 g/mol. The van der Waals surface area contributed by atoms with Crippen LogP contribution in [-0.4, -0.2) is 15.8 Å². The van der Waals surface area contributed by atoms with Gasteiger partial charge in [0.15, 0.2) is 5.13 Å². The van der Waals surface area contributed by atoms with Crippen molar-refractivity contribution in [3.8, 4) is 11.3 Å². The number of anilines is 1. The van der Waals surface area contributed by atoms with E-state index in [0.29, 0.717) is 16.4 Å². The number of non-ortho nitro benzene ring substituents is 1. The molecule has 0 unspecified atom stereocenters. The molecule has 6 nitrogen and oxygen atoms in total. The molecule has 0 aliphatic carbocycles. The first-order chi connectivity index (χ1) is 12.0. The number of aromatic nitrogens is 1. The number of hydrogen-bond acceptors (Lipinski definition) is 5. The first kappa shape index (κ1) is 17.2. The molecule has 0 saturated carbocycles. The molecule has 0 aliphatic heterocycles. The molecule has 0 saturated heterocycles. The lowest BCUT2D eigenvalue weighted by atomic mass is 10.1. The molecule has 0 bridgehead atoms. The summed E-state index contributed by atoms with van der Waals surface area (Å²) < 4.78 is 0.957. The van der Waals surface area contributed by atoms with Crippen LogP contribution in [0.3, 0.4) is 0 Å². The molecule has 3 aromatic rings. The van der Waals surface area contributed by atoms with Crippen molar-refractivity contribution in [2.75, 3.05) is 5.32 Å². The Morgan fingerprint density at radius 2 is 2.00 bits per heavy atom. The van der Waals surface area contributed by atoms with Crippen LogP contribution in [0, 0.1) is 10.1 Å². The molecular formula is C17H12BrN3O3S. The molecule has 3 rings (SSSR count). The standard InChI is InChI=1S/C17H12BrN3O3S/c18-13-6-4-11(5-7-13)8-16(22)20-17-19-15(10-25-17)12-2-1-3-14(9-12)21(23)24/h1-7,9-10H,8H2,(H,19,20,22). The lowest BCUT2D eigenvalue weighted by Gasteiger charge is -2.02. The number of amides is 1. The fourth-order valence-corrected chi connectivity index (χ4v) is 3.19. The van der Waals surface area contributed by atoms with E-state index in [1.807, 2.05) is 24.3 Å². The Morgan fingerprint density at radius 1 is 1.24 bits per heavy atom. The summed E-state index contributed by atoms with van der Waals surface area (Å²) in [5.74, 6) is -0.165. The van der Waals surface area contributed by atoms with Gasteiger partial charge < -0.3 is 5.32 Å². The van der Waals surface area contributed by atoms with Crippen LogP contribution >= 0.6 is 27.3 Å². The Balaban J connectivity index is 1.69. The number of halogens is 1. The zero-order valence-electron chi connectivity index (χ0n) is 12.8. The zero-order chi connectivity index (χ0) is 17.8. The number of nitro benzene ring substituents is 1. The Bertz CT molecular complexity index is 925. The van der Waals surface area contributed by atoms with Crippen LogP contribution in [0.2, 0.25) is 0 Å². The van der Waals surface area contributed by atoms with E-state index in [1.165, 1.54) is 23.5 Å². The van der Waals surface area contributed by atoms with Gasteiger partial charge in [-0.05, 0) is 17.7 Å². The smallest absolute Gasteiger partial charge is 0.270 e. The molecule has 0 atom stereocenters. The number of benzene rings is 2. The van der Waals surface area contributed by atoms with Gasteiger partial charge in [-0.2, -0.15) is 0 Å². The molecule has 1 N–H and O–H groups in total. The van der Waals surface area contributed by atoms with Gasteiger partial charge in [0.2, 0.25) is 5.91 Å². The second-order valence-corrected chi connectivity index (χ2v) is 6.97. The third-order valence-corrected chi connectivity index (χ3v) is 4.67. The van der Waals surface area contributed by atoms with Crippen molar-refractivity contribution < 1.29 is 9.72 Å². The minimum atomic E-state index is -0.448. The topological polar surface area (TPSA) is 85.1 Å². The molecule has 1 aromatic heterocycles. The van der Waals surface area contributed by atoms with Crippen molar-refractivity contribution >= 4 is 44.0 Å². The highest BCUT2D eigenvalue weighted by Crippen LogP contribution is 2.27. The maximum atomic E-state index is 12.1. The highest BCUT2D eigenvalue weighted by atomic mass is 79.9. The van der Waals surface area contributed by atoms with Crippen LogP contribution in [0.15, 0.2) is 58.4 Å². The highest BCUT2D eigenvalue weighted by molar-refractivity contribution is 9.10. The van der Waals surface area contributed by atoms with Gasteiger partial charge in [-0.25, -0.2) is 4.98 Å². The van der Waals surface area contributed by atoms with E-state index in [9.17, 15) is 14.9 Å². The summed E-state index contributed by atoms with van der Waals surface area (Å²) in [7, 11) is 0. The second-order valence-electron chi connectivity index (χ2n) is 5.20. The number of nitrogens with zero attached hydrogens (tertiary/aromatic N) is 2. The van der Waals surface area contributed by atoms with Crippen LogP contribution < -0.4 is 5.32 Å². The Hall–Kier alpha value is -2.58. The van der Waals surface area contributed by atoms with Crippen molar-refractivity contribution in [2.45, 2.75) is 6.42 Å². The van der Waals surface area contributed by atoms with Gasteiger partial charge >= 0.3 is 0 Å². The van der Waals surface area contributed by atoms with Crippen LogP contribution in [0.5, 0.6) is 0 Å². The lowest BCUT2D eigenvalue weighted by molar-refractivity contribution is -0.384. The minimum Gasteiger partial charge on any atom is -0.302 e. The van der Waals surface area contributed by atoms with Gasteiger partial charge in [0.05, 0.1) is 17.0 Å². The van der Waals surface area contributed by atoms with Gasteiger partial charge in [0.25, 0.3) is 5.69 Å². The largest absolute Gasteiger partial charge is 0.302 e. The zero-order valence-corrected chi connectivity index (χ0v) is 15.2. The maximum absolute atomic E-state index is 12.1. The van der Waals surface area contributed by atoms with E-state index in [0.717, 1.165) is 10.0 Å². The second kappa shape index (κ2) is 7.54. The fraction of sp³-hybridized carbons (Fsp3) is 0.0588. The SMILES string of the molecule is O=C(Cc1ccc(Br)cc1)Nc1nc(-c2cccc([N+](=O)[O-])c2)cs1. The summed E-state index contributed by atoms with van der Waals surface area (Å²) in [6.07, 6.45) is 0.249. The maximum Gasteiger partial charge on any atom is 0.270 e. The molecule has 2 aromatic carbocycles. The summed E-state index contributed by atoms with van der Waals surface area (Å²) in [5.41, 5.74) is 2.13.